The first-order chi connectivity index (χ1) is 17.1. The summed E-state index contributed by atoms with van der Waals surface area (Å²) >= 11 is 0. The van der Waals surface area contributed by atoms with Gasteiger partial charge in [-0.3, -0.25) is 4.90 Å². The Morgan fingerprint density at radius 2 is 2.00 bits per heavy atom. The molecule has 0 atom stereocenters. The van der Waals surface area contributed by atoms with Gasteiger partial charge in [0.05, 0.1) is 48.5 Å². The number of piperazine rings is 1. The number of imidazole rings is 1. The highest BCUT2D eigenvalue weighted by Gasteiger charge is 2.30. The summed E-state index contributed by atoms with van der Waals surface area (Å²) in [6, 6.07) is 5.90. The summed E-state index contributed by atoms with van der Waals surface area (Å²) < 4.78 is 22.4. The monoisotopic (exact) mass is 474 g/mol. The standard InChI is InChI=1S/C23H23FN10O/c1-26-19-11-27-22-21(28-15-2-3-15)30-23(31-34(19)22)29-17-8-14(10-25)9-18(20(17)24)33-6-4-32(5-7-33)16-12-35-13-16/h8-9,11,15-16H,2-7,12-13H2,(H2,28,29,30,31). The molecule has 3 fully saturated rings. The van der Waals surface area contributed by atoms with Crippen molar-refractivity contribution in [2.75, 3.05) is 54.9 Å². The van der Waals surface area contributed by atoms with Crippen molar-refractivity contribution in [1.82, 2.24) is 24.5 Å². The molecule has 0 bridgehead atoms. The van der Waals surface area contributed by atoms with Crippen LogP contribution in [0.2, 0.25) is 0 Å². The smallest absolute Gasteiger partial charge is 0.275 e. The van der Waals surface area contributed by atoms with Gasteiger partial charge < -0.3 is 25.1 Å². The number of nitriles is 1. The van der Waals surface area contributed by atoms with Crippen LogP contribution < -0.4 is 15.5 Å². The Hall–Kier alpha value is -4.00. The molecule has 0 unspecified atom stereocenters. The Bertz CT molecular complexity index is 1360. The predicted octanol–water partition coefficient (Wildman–Crippen LogP) is 2.52. The van der Waals surface area contributed by atoms with Gasteiger partial charge in [0.1, 0.15) is 0 Å². The number of benzene rings is 1. The first-order valence-electron chi connectivity index (χ1n) is 11.6. The molecule has 1 aromatic carbocycles. The number of hydrogen-bond donors (Lipinski definition) is 2. The van der Waals surface area contributed by atoms with E-state index < -0.39 is 5.82 Å². The molecule has 6 rings (SSSR count). The van der Waals surface area contributed by atoms with E-state index in [0.29, 0.717) is 47.9 Å². The van der Waals surface area contributed by atoms with Crippen LogP contribution in [0.1, 0.15) is 18.4 Å². The number of nitrogens with one attached hydrogen (secondary N) is 2. The van der Waals surface area contributed by atoms with Crippen molar-refractivity contribution < 1.29 is 9.13 Å². The van der Waals surface area contributed by atoms with Gasteiger partial charge in [0.2, 0.25) is 0 Å². The Morgan fingerprint density at radius 1 is 1.20 bits per heavy atom. The summed E-state index contributed by atoms with van der Waals surface area (Å²) in [5.41, 5.74) is 1.25. The highest BCUT2D eigenvalue weighted by Crippen LogP contribution is 2.32. The molecule has 1 saturated carbocycles. The van der Waals surface area contributed by atoms with E-state index in [4.69, 9.17) is 11.3 Å². The lowest BCUT2D eigenvalue weighted by molar-refractivity contribution is -0.0660. The zero-order valence-electron chi connectivity index (χ0n) is 18.9. The minimum atomic E-state index is -0.471. The van der Waals surface area contributed by atoms with Crippen LogP contribution in [0.4, 0.5) is 33.3 Å². The van der Waals surface area contributed by atoms with Crippen molar-refractivity contribution in [2.45, 2.75) is 24.9 Å². The number of hydrogen-bond acceptors (Lipinski definition) is 9. The van der Waals surface area contributed by atoms with Crippen LogP contribution in [0.15, 0.2) is 18.3 Å². The fraction of sp³-hybridized carbons (Fsp3) is 0.435. The second-order valence-electron chi connectivity index (χ2n) is 8.97. The summed E-state index contributed by atoms with van der Waals surface area (Å²) in [7, 11) is 0. The number of nitrogens with zero attached hydrogens (tertiary/aromatic N) is 8. The van der Waals surface area contributed by atoms with Crippen LogP contribution in [-0.2, 0) is 4.74 Å². The zero-order valence-corrected chi connectivity index (χ0v) is 18.9. The molecule has 0 radical (unpaired) electrons. The van der Waals surface area contributed by atoms with Crippen LogP contribution >= 0.6 is 0 Å². The third-order valence-electron chi connectivity index (χ3n) is 6.60. The van der Waals surface area contributed by atoms with Gasteiger partial charge in [0, 0.05) is 32.2 Å². The van der Waals surface area contributed by atoms with E-state index in [1.807, 2.05) is 4.90 Å². The number of aromatic nitrogens is 4. The maximum absolute atomic E-state index is 15.7. The molecule has 2 N–H and O–H groups in total. The molecule has 1 aliphatic carbocycles. The van der Waals surface area contributed by atoms with Crippen LogP contribution in [-0.4, -0.2) is 76.0 Å². The summed E-state index contributed by atoms with van der Waals surface area (Å²) in [6.07, 6.45) is 3.49. The molecule has 2 aromatic heterocycles. The van der Waals surface area contributed by atoms with E-state index in [9.17, 15) is 5.26 Å². The van der Waals surface area contributed by atoms with Crippen LogP contribution in [0.5, 0.6) is 0 Å². The molecule has 4 heterocycles. The van der Waals surface area contributed by atoms with Crippen molar-refractivity contribution in [2.24, 2.45) is 0 Å². The van der Waals surface area contributed by atoms with Crippen LogP contribution in [0.3, 0.4) is 0 Å². The normalized spacial score (nSPS) is 18.7. The molecular weight excluding hydrogens is 451 g/mol. The molecule has 3 aromatic rings. The maximum Gasteiger partial charge on any atom is 0.275 e. The molecule has 35 heavy (non-hydrogen) atoms. The number of ether oxygens (including phenoxy) is 1. The fourth-order valence-electron chi connectivity index (χ4n) is 4.39. The topological polar surface area (TPSA) is 111 Å². The fourth-order valence-corrected chi connectivity index (χ4v) is 4.39. The van der Waals surface area contributed by atoms with Gasteiger partial charge in [0.15, 0.2) is 11.6 Å². The molecule has 2 aliphatic heterocycles. The summed E-state index contributed by atoms with van der Waals surface area (Å²) in [6.45, 7) is 11.8. The van der Waals surface area contributed by atoms with Gasteiger partial charge in [-0.25, -0.2) is 9.37 Å². The second-order valence-corrected chi connectivity index (χ2v) is 8.97. The van der Waals surface area contributed by atoms with Crippen LogP contribution in [0.25, 0.3) is 10.5 Å². The van der Waals surface area contributed by atoms with E-state index in [-0.39, 0.29) is 17.5 Å². The first-order valence-corrected chi connectivity index (χ1v) is 11.6. The first kappa shape index (κ1) is 21.5. The zero-order chi connectivity index (χ0) is 23.9. The van der Waals surface area contributed by atoms with E-state index in [2.05, 4.69) is 41.5 Å². The van der Waals surface area contributed by atoms with E-state index in [1.54, 1.807) is 6.07 Å². The Balaban J connectivity index is 1.31. The van der Waals surface area contributed by atoms with Crippen molar-refractivity contribution in [3.8, 4) is 6.07 Å². The van der Waals surface area contributed by atoms with Gasteiger partial charge >= 0.3 is 0 Å². The molecule has 11 nitrogen and oxygen atoms in total. The molecule has 0 spiro atoms. The lowest BCUT2D eigenvalue weighted by Gasteiger charge is -2.43. The van der Waals surface area contributed by atoms with Crippen molar-refractivity contribution in [1.29, 1.82) is 5.26 Å². The SMILES string of the molecule is [C-]#[N+]c1cnc2c(NC3CC3)nc(Nc3cc(C#N)cc(N4CCN(C5COC5)CC4)c3F)nn12. The Kier molecular flexibility index (Phi) is 5.32. The summed E-state index contributed by atoms with van der Waals surface area (Å²) in [5.74, 6) is 0.346. The Labute approximate surface area is 200 Å². The molecular formula is C23H23FN10O. The quantitative estimate of drug-likeness (QED) is 0.521. The number of anilines is 4. The van der Waals surface area contributed by atoms with Gasteiger partial charge in [-0.05, 0) is 25.0 Å². The predicted molar refractivity (Wildman–Crippen MR) is 126 cm³/mol. The minimum Gasteiger partial charge on any atom is -0.378 e. The third-order valence-corrected chi connectivity index (χ3v) is 6.60. The average molecular weight is 475 g/mol. The van der Waals surface area contributed by atoms with Gasteiger partial charge in [-0.15, -0.1) is 4.52 Å². The maximum atomic E-state index is 15.7. The lowest BCUT2D eigenvalue weighted by atomic mass is 10.1. The van der Waals surface area contributed by atoms with Gasteiger partial charge in [-0.2, -0.15) is 10.2 Å². The van der Waals surface area contributed by atoms with E-state index in [0.717, 1.165) is 39.1 Å². The minimum absolute atomic E-state index is 0.107. The van der Waals surface area contributed by atoms with Gasteiger partial charge in [-0.1, -0.05) is 11.7 Å². The number of rotatable bonds is 6. The highest BCUT2D eigenvalue weighted by molar-refractivity contribution is 5.71. The molecule has 0 amide bonds. The average Bonchev–Trinajstić information content (AvgIpc) is 3.56. The van der Waals surface area contributed by atoms with Gasteiger partial charge in [0.25, 0.3) is 17.4 Å². The third kappa shape index (κ3) is 4.07. The summed E-state index contributed by atoms with van der Waals surface area (Å²) in [4.78, 5) is 16.6. The van der Waals surface area contributed by atoms with E-state index >= 15 is 4.39 Å². The molecule has 12 heteroatoms. The molecule has 178 valence electrons. The second kappa shape index (κ2) is 8.65. The number of halogens is 1. The van der Waals surface area contributed by atoms with Crippen LogP contribution in [0, 0.1) is 23.7 Å². The largest absolute Gasteiger partial charge is 0.378 e. The molecule has 3 aliphatic rings. The number of fused-ring (bicyclic) bond motifs is 1. The van der Waals surface area contributed by atoms with E-state index in [1.165, 1.54) is 16.8 Å². The Morgan fingerprint density at radius 3 is 2.66 bits per heavy atom. The molecule has 2 saturated heterocycles. The van der Waals surface area contributed by atoms with Crippen molar-refractivity contribution in [3.05, 3.63) is 41.1 Å². The highest BCUT2D eigenvalue weighted by atomic mass is 19.1. The van der Waals surface area contributed by atoms with Crippen molar-refractivity contribution >= 4 is 34.6 Å². The summed E-state index contributed by atoms with van der Waals surface area (Å²) in [5, 5.41) is 20.2. The van der Waals surface area contributed by atoms with Crippen molar-refractivity contribution in [3.63, 3.8) is 0 Å². The lowest BCUT2D eigenvalue weighted by Crippen LogP contribution is -2.56.